The highest BCUT2D eigenvalue weighted by Gasteiger charge is 2.42. The molecule has 2 aromatic rings. The SMILES string of the molecule is Cc1ccc(NC(=O)C2(n3cccn3)CCNCC2)cc1C(N)=O. The van der Waals surface area contributed by atoms with Gasteiger partial charge in [0, 0.05) is 23.6 Å². The molecule has 1 aliphatic rings. The molecule has 2 amide bonds. The Balaban J connectivity index is 1.90. The van der Waals surface area contributed by atoms with E-state index in [9.17, 15) is 9.59 Å². The number of rotatable bonds is 4. The van der Waals surface area contributed by atoms with Crippen LogP contribution in [0.15, 0.2) is 36.7 Å². The van der Waals surface area contributed by atoms with Gasteiger partial charge < -0.3 is 16.4 Å². The minimum atomic E-state index is -0.730. The number of hydrogen-bond donors (Lipinski definition) is 3. The number of aryl methyl sites for hydroxylation is 1. The Morgan fingerprint density at radius 1 is 1.33 bits per heavy atom. The molecule has 0 aliphatic carbocycles. The summed E-state index contributed by atoms with van der Waals surface area (Å²) in [5, 5.41) is 10.5. The molecule has 24 heavy (non-hydrogen) atoms. The predicted octanol–water partition coefficient (Wildman–Crippen LogP) is 1.01. The lowest BCUT2D eigenvalue weighted by Crippen LogP contribution is -2.52. The van der Waals surface area contributed by atoms with Crippen molar-refractivity contribution in [3.63, 3.8) is 0 Å². The van der Waals surface area contributed by atoms with E-state index in [1.807, 2.05) is 19.2 Å². The molecule has 0 unspecified atom stereocenters. The van der Waals surface area contributed by atoms with Gasteiger partial charge in [-0.15, -0.1) is 0 Å². The topological polar surface area (TPSA) is 102 Å². The molecule has 3 rings (SSSR count). The van der Waals surface area contributed by atoms with Gasteiger partial charge in [-0.1, -0.05) is 6.07 Å². The van der Waals surface area contributed by atoms with Crippen LogP contribution in [0.1, 0.15) is 28.8 Å². The molecule has 1 fully saturated rings. The largest absolute Gasteiger partial charge is 0.366 e. The molecule has 0 saturated carbocycles. The maximum absolute atomic E-state index is 13.0. The highest BCUT2D eigenvalue weighted by atomic mass is 16.2. The number of amides is 2. The number of nitrogens with two attached hydrogens (primary N) is 1. The third-order valence-corrected chi connectivity index (χ3v) is 4.56. The molecule has 0 radical (unpaired) electrons. The lowest BCUT2D eigenvalue weighted by Gasteiger charge is -2.36. The van der Waals surface area contributed by atoms with Crippen molar-refractivity contribution in [3.8, 4) is 0 Å². The molecule has 2 heterocycles. The number of aromatic nitrogens is 2. The Morgan fingerprint density at radius 3 is 2.71 bits per heavy atom. The summed E-state index contributed by atoms with van der Waals surface area (Å²) in [5.41, 5.74) is 6.41. The maximum atomic E-state index is 13.0. The van der Waals surface area contributed by atoms with Crippen LogP contribution in [0, 0.1) is 6.92 Å². The van der Waals surface area contributed by atoms with Crippen molar-refractivity contribution in [2.24, 2.45) is 5.73 Å². The van der Waals surface area contributed by atoms with E-state index in [-0.39, 0.29) is 5.91 Å². The minimum Gasteiger partial charge on any atom is -0.366 e. The molecule has 7 nitrogen and oxygen atoms in total. The molecule has 1 aliphatic heterocycles. The summed E-state index contributed by atoms with van der Waals surface area (Å²) in [6.07, 6.45) is 4.78. The summed E-state index contributed by atoms with van der Waals surface area (Å²) in [4.78, 5) is 24.5. The van der Waals surface area contributed by atoms with Gasteiger partial charge in [0.15, 0.2) is 0 Å². The van der Waals surface area contributed by atoms with Crippen molar-refractivity contribution < 1.29 is 9.59 Å². The zero-order valence-electron chi connectivity index (χ0n) is 13.6. The van der Waals surface area contributed by atoms with E-state index in [2.05, 4.69) is 15.7 Å². The number of carbonyl (C=O) groups excluding carboxylic acids is 2. The second-order valence-electron chi connectivity index (χ2n) is 6.08. The Labute approximate surface area is 140 Å². The summed E-state index contributed by atoms with van der Waals surface area (Å²) in [6.45, 7) is 3.30. The van der Waals surface area contributed by atoms with Crippen molar-refractivity contribution >= 4 is 17.5 Å². The lowest BCUT2D eigenvalue weighted by molar-refractivity contribution is -0.126. The van der Waals surface area contributed by atoms with Gasteiger partial charge in [-0.25, -0.2) is 0 Å². The molecule has 4 N–H and O–H groups in total. The minimum absolute atomic E-state index is 0.132. The fourth-order valence-electron chi connectivity index (χ4n) is 3.14. The number of nitrogens with one attached hydrogen (secondary N) is 2. The second kappa shape index (κ2) is 6.45. The third kappa shape index (κ3) is 2.90. The van der Waals surface area contributed by atoms with Crippen LogP contribution in [0.2, 0.25) is 0 Å². The van der Waals surface area contributed by atoms with Crippen LogP contribution in [0.5, 0.6) is 0 Å². The Kier molecular flexibility index (Phi) is 4.35. The summed E-state index contributed by atoms with van der Waals surface area (Å²) < 4.78 is 1.73. The first-order valence-electron chi connectivity index (χ1n) is 7.96. The molecule has 0 atom stereocenters. The molecular formula is C17H21N5O2. The standard InChI is InChI=1S/C17H21N5O2/c1-12-3-4-13(11-14(12)15(18)23)21-16(24)17(5-8-19-9-6-17)22-10-2-7-20-22/h2-4,7,10-11,19H,5-6,8-9H2,1H3,(H2,18,23)(H,21,24). The maximum Gasteiger partial charge on any atom is 0.252 e. The van der Waals surface area contributed by atoms with E-state index in [1.54, 1.807) is 29.1 Å². The molecule has 1 aromatic heterocycles. The molecule has 7 heteroatoms. The van der Waals surface area contributed by atoms with Crippen molar-refractivity contribution in [1.82, 2.24) is 15.1 Å². The zero-order valence-corrected chi connectivity index (χ0v) is 13.6. The normalized spacial score (nSPS) is 16.5. The average Bonchev–Trinajstić information content (AvgIpc) is 3.12. The highest BCUT2D eigenvalue weighted by molar-refractivity contribution is 5.99. The van der Waals surface area contributed by atoms with E-state index in [0.717, 1.165) is 18.7 Å². The van der Waals surface area contributed by atoms with Crippen LogP contribution < -0.4 is 16.4 Å². The van der Waals surface area contributed by atoms with E-state index in [4.69, 9.17) is 5.73 Å². The van der Waals surface area contributed by atoms with Crippen molar-refractivity contribution in [3.05, 3.63) is 47.8 Å². The molecule has 126 valence electrons. The van der Waals surface area contributed by atoms with Crippen LogP contribution in [0.4, 0.5) is 5.69 Å². The third-order valence-electron chi connectivity index (χ3n) is 4.56. The average molecular weight is 327 g/mol. The Hall–Kier alpha value is -2.67. The molecule has 1 aromatic carbocycles. The van der Waals surface area contributed by atoms with Crippen LogP contribution in [0.3, 0.4) is 0 Å². The quantitative estimate of drug-likeness (QED) is 0.780. The summed E-state index contributed by atoms with van der Waals surface area (Å²) in [7, 11) is 0. The first-order valence-corrected chi connectivity index (χ1v) is 7.96. The summed E-state index contributed by atoms with van der Waals surface area (Å²) in [6, 6.07) is 6.98. The Bertz CT molecular complexity index is 748. The van der Waals surface area contributed by atoms with Gasteiger partial charge in [0.2, 0.25) is 5.91 Å². The molecule has 0 spiro atoms. The van der Waals surface area contributed by atoms with Crippen LogP contribution in [-0.4, -0.2) is 34.7 Å². The molecule has 0 bridgehead atoms. The van der Waals surface area contributed by atoms with Crippen LogP contribution >= 0.6 is 0 Å². The van der Waals surface area contributed by atoms with Gasteiger partial charge in [-0.3, -0.25) is 14.3 Å². The first kappa shape index (κ1) is 16.2. The second-order valence-corrected chi connectivity index (χ2v) is 6.08. The summed E-state index contributed by atoms with van der Waals surface area (Å²) in [5.74, 6) is -0.640. The smallest absolute Gasteiger partial charge is 0.252 e. The van der Waals surface area contributed by atoms with E-state index in [0.29, 0.717) is 24.1 Å². The number of hydrogen-bond acceptors (Lipinski definition) is 4. The lowest BCUT2D eigenvalue weighted by atomic mass is 9.87. The van der Waals surface area contributed by atoms with Crippen molar-refractivity contribution in [2.45, 2.75) is 25.3 Å². The fraction of sp³-hybridized carbons (Fsp3) is 0.353. The number of piperidine rings is 1. The van der Waals surface area contributed by atoms with Gasteiger partial charge in [0.25, 0.3) is 5.91 Å². The van der Waals surface area contributed by atoms with E-state index < -0.39 is 11.4 Å². The van der Waals surface area contributed by atoms with Crippen LogP contribution in [-0.2, 0) is 10.3 Å². The van der Waals surface area contributed by atoms with Gasteiger partial charge in [-0.05, 0) is 56.6 Å². The van der Waals surface area contributed by atoms with E-state index in [1.165, 1.54) is 0 Å². The molecular weight excluding hydrogens is 306 g/mol. The predicted molar refractivity (Wildman–Crippen MR) is 90.6 cm³/mol. The van der Waals surface area contributed by atoms with Crippen molar-refractivity contribution in [2.75, 3.05) is 18.4 Å². The van der Waals surface area contributed by atoms with E-state index >= 15 is 0 Å². The number of nitrogens with zero attached hydrogens (tertiary/aromatic N) is 2. The first-order chi connectivity index (χ1) is 11.5. The Morgan fingerprint density at radius 2 is 2.08 bits per heavy atom. The van der Waals surface area contributed by atoms with Gasteiger partial charge in [-0.2, -0.15) is 5.10 Å². The highest BCUT2D eigenvalue weighted by Crippen LogP contribution is 2.29. The van der Waals surface area contributed by atoms with Gasteiger partial charge in [0.1, 0.15) is 5.54 Å². The number of carbonyl (C=O) groups is 2. The summed E-state index contributed by atoms with van der Waals surface area (Å²) >= 11 is 0. The van der Waals surface area contributed by atoms with Crippen LogP contribution in [0.25, 0.3) is 0 Å². The van der Waals surface area contributed by atoms with Gasteiger partial charge in [0.05, 0.1) is 0 Å². The number of primary amides is 1. The fourth-order valence-corrected chi connectivity index (χ4v) is 3.14. The monoisotopic (exact) mass is 327 g/mol. The molecule has 1 saturated heterocycles. The zero-order chi connectivity index (χ0) is 17.2. The van der Waals surface area contributed by atoms with Crippen molar-refractivity contribution in [1.29, 1.82) is 0 Å². The van der Waals surface area contributed by atoms with Gasteiger partial charge >= 0.3 is 0 Å². The number of anilines is 1. The number of benzene rings is 1.